The number of hydrogen-bond donors (Lipinski definition) is 10. The van der Waals surface area contributed by atoms with Gasteiger partial charge in [-0.25, -0.2) is 18.8 Å². The summed E-state index contributed by atoms with van der Waals surface area (Å²) in [6.07, 6.45) is -12.1. The number of halogens is 2. The highest BCUT2D eigenvalue weighted by molar-refractivity contribution is 6.30. The van der Waals surface area contributed by atoms with E-state index in [1.54, 1.807) is 57.2 Å². The molecule has 2 saturated carbocycles. The molecule has 30 heteroatoms. The number of ether oxygens (including phenoxy) is 6. The summed E-state index contributed by atoms with van der Waals surface area (Å²) in [6.45, 7) is 12.4. The highest BCUT2D eigenvalue weighted by Gasteiger charge is 2.78. The first kappa shape index (κ1) is 78.2. The summed E-state index contributed by atoms with van der Waals surface area (Å²) in [7, 11) is 0. The van der Waals surface area contributed by atoms with E-state index in [0.29, 0.717) is 0 Å². The van der Waals surface area contributed by atoms with Crippen molar-refractivity contribution in [2.75, 3.05) is 13.2 Å². The number of unbranched alkanes of at least 4 members (excludes halogenated alkanes) is 1. The number of carbonyl (C=O) groups excluding carboxylic acids is 12. The standard InChI is InChI=1S/C70H87ClFN7O21/c1-36-46(34-70(94)59(98-63(91)41-20-14-11-15-21-41)57-68(9,58(87)55(86)53(36)67(70,7)8)47(81)33-48-69(57,35-95-48)99-38(3)80)96-64(92)56(54(40-18-12-10-13-19-40)79-65(93)100-66(4,5)6)97-52(85)30-29-49(82)75-31-17-16-22-44(60(73)88)77-51(84)28-26-45(61(74)89)78-62(90)37(2)76-50(83)27-24-39-23-25-42(71)32-43(39)72/h10-15,18-21,23-25,27,32,37,44-48,54-57,59,81,86,94H,16-17,22,26,28-31,33-35H2,1-9H3,(H2,73,88)(H2,74,89)(H,75,82)(H,76,83)(H,77,84)(H,78,90)(H,79,93)/b27-24+/t37?,44?,45-,46-,47-,48+,54-,55+,56+,57-,59-,68+,69-,70+/m0/s1. The number of aliphatic hydroxyl groups excluding tert-OH is 2. The molecule has 1 saturated heterocycles. The van der Waals surface area contributed by atoms with Crippen LogP contribution in [0.5, 0.6) is 0 Å². The van der Waals surface area contributed by atoms with Crippen LogP contribution < -0.4 is 38.1 Å². The van der Waals surface area contributed by atoms with Crippen molar-refractivity contribution in [1.29, 1.82) is 0 Å². The molecule has 1 heterocycles. The Balaban J connectivity index is 1.04. The van der Waals surface area contributed by atoms with E-state index >= 15 is 9.59 Å². The maximum absolute atomic E-state index is 15.4. The van der Waals surface area contributed by atoms with E-state index in [9.17, 15) is 67.7 Å². The van der Waals surface area contributed by atoms with E-state index in [1.165, 1.54) is 77.1 Å². The lowest BCUT2D eigenvalue weighted by Crippen LogP contribution is -2.81. The molecule has 3 aliphatic carbocycles. The van der Waals surface area contributed by atoms with E-state index in [-0.39, 0.29) is 71.5 Å². The molecule has 0 spiro atoms. The van der Waals surface area contributed by atoms with E-state index < -0.39 is 204 Å². The van der Waals surface area contributed by atoms with Gasteiger partial charge >= 0.3 is 30.0 Å². The Hall–Kier alpha value is -9.16. The molecular weight excluding hydrogens is 1330 g/mol. The highest BCUT2D eigenvalue weighted by Crippen LogP contribution is 2.64. The molecule has 0 aromatic heterocycles. The van der Waals surface area contributed by atoms with Crippen LogP contribution in [0.1, 0.15) is 148 Å². The van der Waals surface area contributed by atoms with Crippen molar-refractivity contribution in [3.05, 3.63) is 124 Å². The molecule has 3 fully saturated rings. The summed E-state index contributed by atoms with van der Waals surface area (Å²) in [4.78, 5) is 163. The van der Waals surface area contributed by atoms with E-state index in [2.05, 4.69) is 26.6 Å². The van der Waals surface area contributed by atoms with Gasteiger partial charge in [0.05, 0.1) is 36.0 Å². The Bertz CT molecular complexity index is 3680. The van der Waals surface area contributed by atoms with Crippen LogP contribution in [0.3, 0.4) is 0 Å². The number of hydrogen-bond acceptors (Lipinski definition) is 21. The molecule has 2 unspecified atom stereocenters. The van der Waals surface area contributed by atoms with Crippen molar-refractivity contribution < 1.29 is 106 Å². The van der Waals surface area contributed by atoms with Gasteiger partial charge in [0.1, 0.15) is 65.6 Å². The van der Waals surface area contributed by atoms with Crippen LogP contribution >= 0.6 is 11.6 Å². The zero-order valence-corrected chi connectivity index (χ0v) is 57.6. The van der Waals surface area contributed by atoms with Gasteiger partial charge in [0.2, 0.25) is 41.5 Å². The monoisotopic (exact) mass is 1420 g/mol. The first-order valence-corrected chi connectivity index (χ1v) is 33.0. The quantitative estimate of drug-likeness (QED) is 0.0163. The molecule has 28 nitrogen and oxygen atoms in total. The summed E-state index contributed by atoms with van der Waals surface area (Å²) >= 11 is 5.76. The van der Waals surface area contributed by atoms with Crippen molar-refractivity contribution in [2.45, 2.75) is 198 Å². The number of benzene rings is 3. The largest absolute Gasteiger partial charge is 0.455 e. The van der Waals surface area contributed by atoms with Crippen LogP contribution in [0, 0.1) is 22.6 Å². The number of alkyl carbamates (subject to hydrolysis) is 1. The summed E-state index contributed by atoms with van der Waals surface area (Å²) in [5, 5.41) is 51.1. The van der Waals surface area contributed by atoms with Crippen LogP contribution in [-0.2, 0) is 76.4 Å². The van der Waals surface area contributed by atoms with Gasteiger partial charge in [-0.3, -0.25) is 43.2 Å². The number of esters is 4. The van der Waals surface area contributed by atoms with Gasteiger partial charge < -0.3 is 81.8 Å². The Morgan fingerprint density at radius 2 is 1.46 bits per heavy atom. The number of carbonyl (C=O) groups is 12. The number of Topliss-reactive ketones (excluding diaryl/α,β-unsaturated/α-hetero) is 1. The molecule has 4 aliphatic rings. The number of fused-ring (bicyclic) bond motifs is 5. The third-order valence-electron chi connectivity index (χ3n) is 18.7. The van der Waals surface area contributed by atoms with Crippen LogP contribution in [0.4, 0.5) is 9.18 Å². The Labute approximate surface area is 581 Å². The Morgan fingerprint density at radius 1 is 0.820 bits per heavy atom. The fourth-order valence-electron chi connectivity index (χ4n) is 13.4. The van der Waals surface area contributed by atoms with Crippen molar-refractivity contribution in [2.24, 2.45) is 28.2 Å². The number of nitrogens with two attached hydrogens (primary N) is 2. The Kier molecular flexibility index (Phi) is 25.4. The molecule has 0 radical (unpaired) electrons. The second-order valence-corrected chi connectivity index (χ2v) is 27.6. The van der Waals surface area contributed by atoms with Gasteiger partial charge in [0, 0.05) is 61.2 Å². The second kappa shape index (κ2) is 32.4. The van der Waals surface area contributed by atoms with Crippen molar-refractivity contribution in [1.82, 2.24) is 26.6 Å². The van der Waals surface area contributed by atoms with Gasteiger partial charge in [0.15, 0.2) is 11.4 Å². The summed E-state index contributed by atoms with van der Waals surface area (Å²) < 4.78 is 50.3. The normalized spacial score (nSPS) is 25.1. The van der Waals surface area contributed by atoms with Crippen molar-refractivity contribution in [3.63, 3.8) is 0 Å². The maximum Gasteiger partial charge on any atom is 0.408 e. The zero-order valence-electron chi connectivity index (χ0n) is 56.9. The van der Waals surface area contributed by atoms with Gasteiger partial charge in [-0.2, -0.15) is 0 Å². The van der Waals surface area contributed by atoms with Crippen LogP contribution in [0.15, 0.2) is 96.1 Å². The minimum atomic E-state index is -2.54. The number of nitrogens with one attached hydrogen (secondary N) is 5. The molecule has 7 rings (SSSR count). The number of rotatable bonds is 28. The van der Waals surface area contributed by atoms with E-state index in [1.807, 2.05) is 0 Å². The summed E-state index contributed by atoms with van der Waals surface area (Å²) in [5.74, 6) is -12.7. The SMILES string of the molecule is CC(=O)O[C@@]12CO[C@@H]1C[C@H](O)[C@@]1(C)C(=O)[C@H](O)C3=C(C)[C@@H](OC(=O)[C@H](OC(=O)CCC(=O)NCCCCC(NC(=O)CC[C@H](NC(=O)C(C)NC(=O)/C=C/c4ccc(Cl)cc4F)C(N)=O)C(N)=O)[C@@H](NC(=O)OC(C)(C)C)c4ccccc4)C[C@@](O)([C@@H](OC(=O)c4ccccc4)[C@H]21)C3(C)C. The molecule has 12 N–H and O–H groups in total. The molecule has 100 heavy (non-hydrogen) atoms. The molecule has 14 atom stereocenters. The van der Waals surface area contributed by atoms with Crippen molar-refractivity contribution >= 4 is 88.9 Å². The molecule has 7 amide bonds. The van der Waals surface area contributed by atoms with Gasteiger partial charge in [-0.05, 0) is 114 Å². The first-order valence-electron chi connectivity index (χ1n) is 32.6. The highest BCUT2D eigenvalue weighted by atomic mass is 35.5. The van der Waals surface area contributed by atoms with Gasteiger partial charge in [-0.1, -0.05) is 80.0 Å². The summed E-state index contributed by atoms with van der Waals surface area (Å²) in [5.41, 5.74) is 1.67. The molecule has 542 valence electrons. The maximum atomic E-state index is 15.4. The minimum absolute atomic E-state index is 0.00601. The predicted octanol–water partition coefficient (Wildman–Crippen LogP) is 3.61. The topological polar surface area (TPSA) is 433 Å². The van der Waals surface area contributed by atoms with Gasteiger partial charge in [0.25, 0.3) is 0 Å². The fourth-order valence-corrected chi connectivity index (χ4v) is 13.6. The molecule has 1 aliphatic heterocycles. The zero-order chi connectivity index (χ0) is 74.0. The van der Waals surface area contributed by atoms with Crippen LogP contribution in [0.25, 0.3) is 6.08 Å². The summed E-state index contributed by atoms with van der Waals surface area (Å²) in [6, 6.07) is 13.7. The lowest BCUT2D eigenvalue weighted by atomic mass is 9.44. The lowest BCUT2D eigenvalue weighted by molar-refractivity contribution is -0.346. The first-order chi connectivity index (χ1) is 46.8. The number of ketones is 1. The number of amides is 7. The number of aliphatic hydroxyl groups is 3. The minimum Gasteiger partial charge on any atom is -0.455 e. The third-order valence-corrected chi connectivity index (χ3v) is 19.0. The molecule has 2 bridgehead atoms. The van der Waals surface area contributed by atoms with E-state index in [4.69, 9.17) is 51.5 Å². The van der Waals surface area contributed by atoms with Crippen LogP contribution in [-0.4, -0.2) is 171 Å². The third kappa shape index (κ3) is 18.1. The molecule has 3 aromatic rings. The average molecular weight is 1420 g/mol. The van der Waals surface area contributed by atoms with Crippen LogP contribution in [0.2, 0.25) is 5.02 Å². The fraction of sp³-hybridized carbons (Fsp3) is 0.514. The lowest BCUT2D eigenvalue weighted by Gasteiger charge is -2.67. The van der Waals surface area contributed by atoms with Gasteiger partial charge in [-0.15, -0.1) is 0 Å². The molecular formula is C70H87ClFN7O21. The average Bonchev–Trinajstić information content (AvgIpc) is 0.670. The van der Waals surface area contributed by atoms with Crippen molar-refractivity contribution in [3.8, 4) is 0 Å². The second-order valence-electron chi connectivity index (χ2n) is 27.1. The number of primary amides is 2. The Morgan fingerprint density at radius 3 is 2.06 bits per heavy atom. The van der Waals surface area contributed by atoms with E-state index in [0.717, 1.165) is 19.1 Å². The smallest absolute Gasteiger partial charge is 0.408 e. The molecule has 3 aromatic carbocycles. The predicted molar refractivity (Wildman–Crippen MR) is 353 cm³/mol.